The minimum absolute atomic E-state index is 0.457. The molecule has 6 aromatic rings. The standard InChI is InChI=1S/C28H22N2O/c1-18(2)20-14-15-22-23(17-31-27(22)16-20)28-29-24-11-5-6-12-26(24)30(28)25-13-7-9-19-8-3-4-10-21(19)25/h3-18H,1-2H3. The van der Waals surface area contributed by atoms with Crippen molar-refractivity contribution in [2.75, 3.05) is 0 Å². The molecule has 0 N–H and O–H groups in total. The molecular weight excluding hydrogens is 380 g/mol. The fourth-order valence-corrected chi connectivity index (χ4v) is 4.43. The third-order valence-electron chi connectivity index (χ3n) is 6.08. The van der Waals surface area contributed by atoms with Crippen molar-refractivity contribution in [2.45, 2.75) is 19.8 Å². The fraction of sp³-hybridized carbons (Fsp3) is 0.107. The van der Waals surface area contributed by atoms with E-state index in [1.165, 1.54) is 16.3 Å². The van der Waals surface area contributed by atoms with Crippen LogP contribution in [0.15, 0.2) is 95.6 Å². The van der Waals surface area contributed by atoms with Gasteiger partial charge >= 0.3 is 0 Å². The summed E-state index contributed by atoms with van der Waals surface area (Å²) in [5.74, 6) is 1.35. The zero-order valence-electron chi connectivity index (χ0n) is 17.5. The topological polar surface area (TPSA) is 31.0 Å². The average molecular weight is 402 g/mol. The van der Waals surface area contributed by atoms with Gasteiger partial charge in [-0.15, -0.1) is 0 Å². The number of rotatable bonds is 3. The lowest BCUT2D eigenvalue weighted by atomic mass is 10.0. The molecule has 0 saturated heterocycles. The number of hydrogen-bond donors (Lipinski definition) is 0. The second-order valence-corrected chi connectivity index (χ2v) is 8.32. The van der Waals surface area contributed by atoms with Crippen molar-refractivity contribution in [2.24, 2.45) is 0 Å². The Morgan fingerprint density at radius 1 is 0.806 bits per heavy atom. The van der Waals surface area contributed by atoms with Gasteiger partial charge in [-0.05, 0) is 41.1 Å². The average Bonchev–Trinajstić information content (AvgIpc) is 3.39. The number of para-hydroxylation sites is 2. The van der Waals surface area contributed by atoms with Crippen LogP contribution in [0.25, 0.3) is 49.9 Å². The van der Waals surface area contributed by atoms with Gasteiger partial charge in [0.1, 0.15) is 17.7 Å². The Morgan fingerprint density at radius 2 is 1.61 bits per heavy atom. The van der Waals surface area contributed by atoms with Crippen LogP contribution in [-0.2, 0) is 0 Å². The Hall–Kier alpha value is -3.85. The smallest absolute Gasteiger partial charge is 0.149 e. The SMILES string of the molecule is CC(C)c1ccc2c(-c3nc4ccccc4n3-c3cccc4ccccc34)coc2c1. The third-order valence-corrected chi connectivity index (χ3v) is 6.08. The summed E-state index contributed by atoms with van der Waals surface area (Å²) < 4.78 is 8.28. The van der Waals surface area contributed by atoms with E-state index in [2.05, 4.69) is 97.3 Å². The van der Waals surface area contributed by atoms with E-state index in [1.54, 1.807) is 0 Å². The highest BCUT2D eigenvalue weighted by molar-refractivity contribution is 5.98. The van der Waals surface area contributed by atoms with Crippen molar-refractivity contribution >= 4 is 32.8 Å². The highest BCUT2D eigenvalue weighted by atomic mass is 16.3. The van der Waals surface area contributed by atoms with Crippen LogP contribution in [-0.4, -0.2) is 9.55 Å². The van der Waals surface area contributed by atoms with Crippen molar-refractivity contribution in [1.29, 1.82) is 0 Å². The molecule has 3 nitrogen and oxygen atoms in total. The van der Waals surface area contributed by atoms with Gasteiger partial charge < -0.3 is 4.42 Å². The van der Waals surface area contributed by atoms with Crippen LogP contribution in [0.3, 0.4) is 0 Å². The molecular formula is C28H22N2O. The van der Waals surface area contributed by atoms with Gasteiger partial charge in [0.05, 0.1) is 22.3 Å². The molecule has 31 heavy (non-hydrogen) atoms. The van der Waals surface area contributed by atoms with E-state index >= 15 is 0 Å². The number of nitrogens with zero attached hydrogens (tertiary/aromatic N) is 2. The van der Waals surface area contributed by atoms with E-state index < -0.39 is 0 Å². The van der Waals surface area contributed by atoms with Crippen LogP contribution in [0.4, 0.5) is 0 Å². The van der Waals surface area contributed by atoms with Gasteiger partial charge in [-0.1, -0.05) is 74.5 Å². The predicted octanol–water partition coefficient (Wildman–Crippen LogP) is 7.72. The molecule has 2 heterocycles. The van der Waals surface area contributed by atoms with E-state index in [4.69, 9.17) is 9.40 Å². The van der Waals surface area contributed by atoms with Gasteiger partial charge in [-0.2, -0.15) is 0 Å². The summed E-state index contributed by atoms with van der Waals surface area (Å²) in [4.78, 5) is 5.05. The summed E-state index contributed by atoms with van der Waals surface area (Å²) in [6, 6.07) is 29.7. The van der Waals surface area contributed by atoms with E-state index in [0.717, 1.165) is 39.1 Å². The lowest BCUT2D eigenvalue weighted by molar-refractivity contribution is 0.615. The molecule has 0 atom stereocenters. The normalized spacial score (nSPS) is 11.8. The van der Waals surface area contributed by atoms with Crippen molar-refractivity contribution in [3.63, 3.8) is 0 Å². The number of imidazole rings is 1. The first-order valence-electron chi connectivity index (χ1n) is 10.7. The quantitative estimate of drug-likeness (QED) is 0.303. The zero-order valence-corrected chi connectivity index (χ0v) is 17.5. The summed E-state index contributed by atoms with van der Waals surface area (Å²) >= 11 is 0. The maximum atomic E-state index is 6.02. The second-order valence-electron chi connectivity index (χ2n) is 8.32. The van der Waals surface area contributed by atoms with Gasteiger partial charge in [0.25, 0.3) is 0 Å². The maximum absolute atomic E-state index is 6.02. The molecule has 0 aliphatic carbocycles. The minimum atomic E-state index is 0.457. The summed E-state index contributed by atoms with van der Waals surface area (Å²) in [5, 5.41) is 3.49. The number of aromatic nitrogens is 2. The van der Waals surface area contributed by atoms with Crippen LogP contribution in [0.5, 0.6) is 0 Å². The highest BCUT2D eigenvalue weighted by Crippen LogP contribution is 2.37. The van der Waals surface area contributed by atoms with E-state index in [0.29, 0.717) is 5.92 Å². The Morgan fingerprint density at radius 3 is 2.52 bits per heavy atom. The maximum Gasteiger partial charge on any atom is 0.149 e. The lowest BCUT2D eigenvalue weighted by Crippen LogP contribution is -1.98. The number of benzene rings is 4. The van der Waals surface area contributed by atoms with Gasteiger partial charge in [0.15, 0.2) is 0 Å². The molecule has 0 bridgehead atoms. The lowest BCUT2D eigenvalue weighted by Gasteiger charge is -2.12. The van der Waals surface area contributed by atoms with Crippen LogP contribution < -0.4 is 0 Å². The monoisotopic (exact) mass is 402 g/mol. The van der Waals surface area contributed by atoms with E-state index in [9.17, 15) is 0 Å². The molecule has 0 fully saturated rings. The van der Waals surface area contributed by atoms with Gasteiger partial charge in [-0.3, -0.25) is 4.57 Å². The Bertz CT molecular complexity index is 1560. The number of hydrogen-bond acceptors (Lipinski definition) is 2. The summed E-state index contributed by atoms with van der Waals surface area (Å²) in [6.45, 7) is 4.40. The first-order chi connectivity index (χ1) is 15.2. The summed E-state index contributed by atoms with van der Waals surface area (Å²) in [7, 11) is 0. The van der Waals surface area contributed by atoms with Crippen molar-refractivity contribution in [3.05, 3.63) is 96.8 Å². The molecule has 0 radical (unpaired) electrons. The van der Waals surface area contributed by atoms with Crippen LogP contribution >= 0.6 is 0 Å². The van der Waals surface area contributed by atoms with Crippen LogP contribution in [0.2, 0.25) is 0 Å². The van der Waals surface area contributed by atoms with Crippen LogP contribution in [0.1, 0.15) is 25.3 Å². The molecule has 0 amide bonds. The van der Waals surface area contributed by atoms with E-state index in [1.807, 2.05) is 12.3 Å². The van der Waals surface area contributed by atoms with E-state index in [-0.39, 0.29) is 0 Å². The van der Waals surface area contributed by atoms with Crippen molar-refractivity contribution in [3.8, 4) is 17.1 Å². The van der Waals surface area contributed by atoms with Gasteiger partial charge in [0, 0.05) is 10.8 Å². The molecule has 0 aliphatic rings. The number of furan rings is 1. The Labute approximate surface area is 180 Å². The van der Waals surface area contributed by atoms with Crippen molar-refractivity contribution in [1.82, 2.24) is 9.55 Å². The molecule has 150 valence electrons. The first kappa shape index (κ1) is 18.0. The molecule has 0 aliphatic heterocycles. The molecule has 0 unspecified atom stereocenters. The molecule has 6 rings (SSSR count). The highest BCUT2D eigenvalue weighted by Gasteiger charge is 2.19. The predicted molar refractivity (Wildman–Crippen MR) is 128 cm³/mol. The zero-order chi connectivity index (χ0) is 20.9. The molecule has 4 aromatic carbocycles. The summed E-state index contributed by atoms with van der Waals surface area (Å²) in [6.07, 6.45) is 1.84. The number of fused-ring (bicyclic) bond motifs is 3. The first-order valence-corrected chi connectivity index (χ1v) is 10.7. The second kappa shape index (κ2) is 6.85. The molecule has 3 heteroatoms. The van der Waals surface area contributed by atoms with Gasteiger partial charge in [-0.25, -0.2) is 4.98 Å². The van der Waals surface area contributed by atoms with Crippen molar-refractivity contribution < 1.29 is 4.42 Å². The molecule has 0 saturated carbocycles. The minimum Gasteiger partial charge on any atom is -0.464 e. The summed E-state index contributed by atoms with van der Waals surface area (Å²) in [5.41, 5.74) is 6.36. The van der Waals surface area contributed by atoms with Crippen LogP contribution in [0, 0.1) is 0 Å². The Kier molecular flexibility index (Phi) is 3.97. The van der Waals surface area contributed by atoms with Gasteiger partial charge in [0.2, 0.25) is 0 Å². The Balaban J connectivity index is 1.68. The fourth-order valence-electron chi connectivity index (χ4n) is 4.43. The third kappa shape index (κ3) is 2.77. The molecule has 2 aromatic heterocycles. The molecule has 0 spiro atoms. The largest absolute Gasteiger partial charge is 0.464 e.